The van der Waals surface area contributed by atoms with Gasteiger partial charge in [0, 0.05) is 23.4 Å². The van der Waals surface area contributed by atoms with Gasteiger partial charge in [0.1, 0.15) is 11.6 Å². The number of amides is 1. The van der Waals surface area contributed by atoms with Crippen molar-refractivity contribution >= 4 is 22.4 Å². The van der Waals surface area contributed by atoms with Crippen LogP contribution in [0, 0.1) is 11.6 Å². The highest BCUT2D eigenvalue weighted by Gasteiger charge is 2.33. The van der Waals surface area contributed by atoms with Crippen molar-refractivity contribution in [2.75, 3.05) is 7.11 Å². The first-order valence-corrected chi connectivity index (χ1v) is 9.85. The van der Waals surface area contributed by atoms with E-state index in [1.807, 2.05) is 0 Å². The Balaban J connectivity index is 1.73. The van der Waals surface area contributed by atoms with Crippen LogP contribution in [0.4, 0.5) is 8.78 Å². The van der Waals surface area contributed by atoms with E-state index in [1.54, 1.807) is 13.0 Å². The van der Waals surface area contributed by atoms with E-state index in [9.17, 15) is 18.4 Å². The fourth-order valence-corrected chi connectivity index (χ4v) is 3.80. The number of H-pyrrole nitrogens is 1. The van der Waals surface area contributed by atoms with Crippen LogP contribution in [0.2, 0.25) is 0 Å². The Morgan fingerprint density at radius 2 is 2.06 bits per heavy atom. The summed E-state index contributed by atoms with van der Waals surface area (Å²) in [5.41, 5.74) is 1.07. The van der Waals surface area contributed by atoms with Gasteiger partial charge in [0.2, 0.25) is 5.88 Å². The SMILES string of the molecule is C=C(C(=O)N[C@@H](C)c1ccc(F)cc1F)c1c(C2CC2)c2c(OC)nccc2[nH]c1=O. The van der Waals surface area contributed by atoms with Gasteiger partial charge in [-0.25, -0.2) is 13.8 Å². The molecule has 0 spiro atoms. The second-order valence-corrected chi connectivity index (χ2v) is 7.60. The molecule has 3 aromatic rings. The highest BCUT2D eigenvalue weighted by molar-refractivity contribution is 6.20. The van der Waals surface area contributed by atoms with Gasteiger partial charge in [-0.3, -0.25) is 9.59 Å². The fourth-order valence-electron chi connectivity index (χ4n) is 3.80. The number of methoxy groups -OCH3 is 1. The standard InChI is InChI=1S/C23H21F2N3O3/c1-11(21(29)27-12(2)15-7-6-14(24)10-16(15)25)18-19(13-4-5-13)20-17(28-22(18)30)8-9-26-23(20)31-3/h6-10,12-13H,1,4-5H2,2-3H3,(H,27,29)(H,28,30)/t12-/m0/s1. The minimum Gasteiger partial charge on any atom is -0.480 e. The van der Waals surface area contributed by atoms with Gasteiger partial charge in [0.15, 0.2) is 0 Å². The molecule has 1 fully saturated rings. The highest BCUT2D eigenvalue weighted by Crippen LogP contribution is 2.46. The Bertz CT molecular complexity index is 1260. The first kappa shape index (κ1) is 20.7. The molecule has 0 saturated heterocycles. The van der Waals surface area contributed by atoms with Crippen LogP contribution in [-0.2, 0) is 4.79 Å². The lowest BCUT2D eigenvalue weighted by Crippen LogP contribution is -2.30. The van der Waals surface area contributed by atoms with Crippen molar-refractivity contribution in [3.05, 3.63) is 75.7 Å². The van der Waals surface area contributed by atoms with Crippen LogP contribution in [-0.4, -0.2) is 23.0 Å². The zero-order valence-corrected chi connectivity index (χ0v) is 17.1. The van der Waals surface area contributed by atoms with Gasteiger partial charge in [0.05, 0.1) is 29.6 Å². The van der Waals surface area contributed by atoms with Crippen LogP contribution in [0.1, 0.15) is 48.4 Å². The van der Waals surface area contributed by atoms with Crippen molar-refractivity contribution in [3.63, 3.8) is 0 Å². The molecule has 1 amide bonds. The van der Waals surface area contributed by atoms with E-state index in [-0.39, 0.29) is 22.6 Å². The predicted octanol–water partition coefficient (Wildman–Crippen LogP) is 3.98. The zero-order valence-electron chi connectivity index (χ0n) is 17.1. The summed E-state index contributed by atoms with van der Waals surface area (Å²) >= 11 is 0. The predicted molar refractivity (Wildman–Crippen MR) is 113 cm³/mol. The number of ether oxygens (including phenoxy) is 1. The molecular weight excluding hydrogens is 404 g/mol. The van der Waals surface area contributed by atoms with Crippen molar-refractivity contribution < 1.29 is 18.3 Å². The number of carbonyl (C=O) groups excluding carboxylic acids is 1. The topological polar surface area (TPSA) is 84.1 Å². The number of fused-ring (bicyclic) bond motifs is 1. The van der Waals surface area contributed by atoms with E-state index >= 15 is 0 Å². The van der Waals surface area contributed by atoms with Gasteiger partial charge >= 0.3 is 0 Å². The van der Waals surface area contributed by atoms with Crippen molar-refractivity contribution in [2.24, 2.45) is 0 Å². The van der Waals surface area contributed by atoms with Gasteiger partial charge in [-0.05, 0) is 43.4 Å². The molecule has 2 N–H and O–H groups in total. The summed E-state index contributed by atoms with van der Waals surface area (Å²) in [6.45, 7) is 5.43. The van der Waals surface area contributed by atoms with Crippen LogP contribution < -0.4 is 15.6 Å². The number of nitrogens with zero attached hydrogens (tertiary/aromatic N) is 1. The summed E-state index contributed by atoms with van der Waals surface area (Å²) in [5.74, 6) is -1.65. The van der Waals surface area contributed by atoms with E-state index in [1.165, 1.54) is 19.4 Å². The molecule has 1 aliphatic rings. The molecule has 1 saturated carbocycles. The summed E-state index contributed by atoms with van der Waals surface area (Å²) in [7, 11) is 1.49. The average Bonchev–Trinajstić information content (AvgIpc) is 3.56. The van der Waals surface area contributed by atoms with Crippen LogP contribution in [0.15, 0.2) is 41.8 Å². The molecule has 0 unspecified atom stereocenters. The minimum atomic E-state index is -0.767. The Hall–Kier alpha value is -3.55. The molecule has 0 aliphatic heterocycles. The van der Waals surface area contributed by atoms with Gasteiger partial charge in [-0.1, -0.05) is 12.6 Å². The number of carbonyl (C=O) groups is 1. The number of benzene rings is 1. The number of hydrogen-bond donors (Lipinski definition) is 2. The maximum atomic E-state index is 14.1. The van der Waals surface area contributed by atoms with Gasteiger partial charge in [0.25, 0.3) is 11.5 Å². The van der Waals surface area contributed by atoms with Crippen molar-refractivity contribution in [1.82, 2.24) is 15.3 Å². The third kappa shape index (κ3) is 3.81. The molecule has 31 heavy (non-hydrogen) atoms. The smallest absolute Gasteiger partial charge is 0.256 e. The molecule has 4 rings (SSSR count). The second kappa shape index (κ2) is 7.94. The van der Waals surface area contributed by atoms with Crippen molar-refractivity contribution in [2.45, 2.75) is 31.7 Å². The first-order chi connectivity index (χ1) is 14.8. The van der Waals surface area contributed by atoms with E-state index in [0.717, 1.165) is 25.0 Å². The number of aromatic amines is 1. The largest absolute Gasteiger partial charge is 0.480 e. The van der Waals surface area contributed by atoms with Crippen molar-refractivity contribution in [1.29, 1.82) is 0 Å². The van der Waals surface area contributed by atoms with Gasteiger partial charge in [-0.15, -0.1) is 0 Å². The van der Waals surface area contributed by atoms with Gasteiger partial charge in [-0.2, -0.15) is 0 Å². The Morgan fingerprint density at radius 1 is 1.32 bits per heavy atom. The third-order valence-corrected chi connectivity index (χ3v) is 5.46. The quantitative estimate of drug-likeness (QED) is 0.585. The fraction of sp³-hybridized carbons (Fsp3) is 0.261. The maximum absolute atomic E-state index is 14.1. The van der Waals surface area contributed by atoms with Gasteiger partial charge < -0.3 is 15.0 Å². The van der Waals surface area contributed by atoms with Crippen LogP contribution in [0.5, 0.6) is 5.88 Å². The molecule has 8 heteroatoms. The third-order valence-electron chi connectivity index (χ3n) is 5.46. The average molecular weight is 425 g/mol. The zero-order chi connectivity index (χ0) is 22.3. The number of nitrogens with one attached hydrogen (secondary N) is 2. The highest BCUT2D eigenvalue weighted by atomic mass is 19.1. The van der Waals surface area contributed by atoms with E-state index in [2.05, 4.69) is 21.9 Å². The maximum Gasteiger partial charge on any atom is 0.256 e. The lowest BCUT2D eigenvalue weighted by Gasteiger charge is -2.18. The molecular formula is C23H21F2N3O3. The molecule has 1 aliphatic carbocycles. The van der Waals surface area contributed by atoms with E-state index in [0.29, 0.717) is 22.3 Å². The number of pyridine rings is 2. The normalized spacial score (nSPS) is 14.3. The summed E-state index contributed by atoms with van der Waals surface area (Å²) < 4.78 is 32.7. The van der Waals surface area contributed by atoms with E-state index in [4.69, 9.17) is 4.74 Å². The Kier molecular flexibility index (Phi) is 5.31. The minimum absolute atomic E-state index is 0.0367. The van der Waals surface area contributed by atoms with Crippen molar-refractivity contribution in [3.8, 4) is 5.88 Å². The molecule has 160 valence electrons. The van der Waals surface area contributed by atoms with E-state index < -0.39 is 29.1 Å². The molecule has 2 heterocycles. The molecule has 0 radical (unpaired) electrons. The Labute approximate surface area is 177 Å². The first-order valence-electron chi connectivity index (χ1n) is 9.85. The summed E-state index contributed by atoms with van der Waals surface area (Å²) in [4.78, 5) is 32.9. The Morgan fingerprint density at radius 3 is 2.71 bits per heavy atom. The molecule has 0 bridgehead atoms. The van der Waals surface area contributed by atoms with Crippen LogP contribution in [0.3, 0.4) is 0 Å². The monoisotopic (exact) mass is 425 g/mol. The lowest BCUT2D eigenvalue weighted by atomic mass is 9.94. The number of aromatic nitrogens is 2. The molecule has 1 atom stereocenters. The summed E-state index contributed by atoms with van der Waals surface area (Å²) in [6, 6.07) is 4.06. The van der Waals surface area contributed by atoms with Crippen LogP contribution in [0.25, 0.3) is 16.5 Å². The second-order valence-electron chi connectivity index (χ2n) is 7.60. The van der Waals surface area contributed by atoms with Crippen LogP contribution >= 0.6 is 0 Å². The summed E-state index contributed by atoms with van der Waals surface area (Å²) in [6.07, 6.45) is 3.28. The number of halogens is 2. The lowest BCUT2D eigenvalue weighted by molar-refractivity contribution is -0.116. The molecule has 2 aromatic heterocycles. The number of rotatable bonds is 6. The number of hydrogen-bond acceptors (Lipinski definition) is 4. The summed E-state index contributed by atoms with van der Waals surface area (Å²) in [5, 5.41) is 3.29. The molecule has 6 nitrogen and oxygen atoms in total. The molecule has 1 aromatic carbocycles.